The van der Waals surface area contributed by atoms with Crippen molar-refractivity contribution in [2.75, 3.05) is 0 Å². The molecule has 18 heavy (non-hydrogen) atoms. The van der Waals surface area contributed by atoms with E-state index in [-0.39, 0.29) is 5.84 Å². The van der Waals surface area contributed by atoms with E-state index in [4.69, 9.17) is 39.1 Å². The van der Waals surface area contributed by atoms with Crippen molar-refractivity contribution in [2.24, 2.45) is 5.73 Å². The molecular formula is C12H9Cl2N3O. The van der Waals surface area contributed by atoms with Crippen LogP contribution in [0.3, 0.4) is 0 Å². The Bertz CT molecular complexity index is 602. The van der Waals surface area contributed by atoms with Crippen LogP contribution < -0.4 is 10.5 Å². The van der Waals surface area contributed by atoms with Crippen molar-refractivity contribution < 1.29 is 4.74 Å². The van der Waals surface area contributed by atoms with E-state index in [1.54, 1.807) is 36.4 Å². The van der Waals surface area contributed by atoms with Crippen LogP contribution in [0.1, 0.15) is 5.69 Å². The van der Waals surface area contributed by atoms with Crippen molar-refractivity contribution in [1.29, 1.82) is 5.41 Å². The Morgan fingerprint density at radius 1 is 1.17 bits per heavy atom. The second-order valence-electron chi connectivity index (χ2n) is 3.45. The molecule has 4 nitrogen and oxygen atoms in total. The molecule has 1 aromatic heterocycles. The van der Waals surface area contributed by atoms with Gasteiger partial charge in [0.2, 0.25) is 5.88 Å². The van der Waals surface area contributed by atoms with Gasteiger partial charge >= 0.3 is 0 Å². The Kier molecular flexibility index (Phi) is 3.69. The lowest BCUT2D eigenvalue weighted by atomic mass is 10.3. The van der Waals surface area contributed by atoms with Gasteiger partial charge in [-0.15, -0.1) is 0 Å². The minimum Gasteiger partial charge on any atom is -0.439 e. The Balaban J connectivity index is 2.25. The summed E-state index contributed by atoms with van der Waals surface area (Å²) in [5, 5.41) is 8.15. The number of pyridine rings is 1. The molecule has 6 heteroatoms. The maximum Gasteiger partial charge on any atom is 0.219 e. The van der Waals surface area contributed by atoms with Gasteiger partial charge in [-0.3, -0.25) is 5.41 Å². The number of nitrogen functional groups attached to an aromatic ring is 1. The third-order valence-electron chi connectivity index (χ3n) is 2.11. The van der Waals surface area contributed by atoms with Crippen molar-refractivity contribution in [2.45, 2.75) is 0 Å². The first-order chi connectivity index (χ1) is 8.56. The van der Waals surface area contributed by atoms with Crippen LogP contribution >= 0.6 is 23.2 Å². The van der Waals surface area contributed by atoms with Crippen molar-refractivity contribution in [1.82, 2.24) is 4.98 Å². The summed E-state index contributed by atoms with van der Waals surface area (Å²) in [7, 11) is 0. The van der Waals surface area contributed by atoms with Gasteiger partial charge in [-0.25, -0.2) is 4.98 Å². The zero-order valence-electron chi connectivity index (χ0n) is 9.15. The average Bonchev–Trinajstić information content (AvgIpc) is 2.34. The van der Waals surface area contributed by atoms with Gasteiger partial charge in [-0.2, -0.15) is 0 Å². The molecule has 0 aliphatic rings. The van der Waals surface area contributed by atoms with Crippen LogP contribution in [0, 0.1) is 5.41 Å². The van der Waals surface area contributed by atoms with E-state index < -0.39 is 0 Å². The Labute approximate surface area is 114 Å². The second-order valence-corrected chi connectivity index (χ2v) is 4.27. The summed E-state index contributed by atoms with van der Waals surface area (Å²) >= 11 is 11.7. The summed E-state index contributed by atoms with van der Waals surface area (Å²) in [5.41, 5.74) is 5.70. The van der Waals surface area contributed by atoms with E-state index in [0.29, 0.717) is 27.4 Å². The number of ether oxygens (including phenoxy) is 1. The van der Waals surface area contributed by atoms with Gasteiger partial charge in [-0.1, -0.05) is 29.3 Å². The zero-order chi connectivity index (χ0) is 13.1. The Morgan fingerprint density at radius 2 is 1.94 bits per heavy atom. The molecule has 0 saturated heterocycles. The van der Waals surface area contributed by atoms with E-state index in [1.165, 1.54) is 0 Å². The molecule has 2 rings (SSSR count). The Hall–Kier alpha value is -1.78. The maximum atomic E-state index is 7.30. The second kappa shape index (κ2) is 5.25. The molecule has 0 unspecified atom stereocenters. The standard InChI is InChI=1S/C12H9Cl2N3O/c13-8-5-4-7(6-9(8)14)18-11-3-1-2-10(17-11)12(15)16/h1-6H,(H3,15,16). The van der Waals surface area contributed by atoms with Gasteiger partial charge in [0, 0.05) is 12.1 Å². The summed E-state index contributed by atoms with van der Waals surface area (Å²) in [6.45, 7) is 0. The molecule has 3 N–H and O–H groups in total. The largest absolute Gasteiger partial charge is 0.439 e. The number of halogens is 2. The van der Waals surface area contributed by atoms with Crippen LogP contribution in [0.15, 0.2) is 36.4 Å². The van der Waals surface area contributed by atoms with Gasteiger partial charge < -0.3 is 10.5 Å². The van der Waals surface area contributed by atoms with E-state index in [1.807, 2.05) is 0 Å². The average molecular weight is 282 g/mol. The Morgan fingerprint density at radius 3 is 2.61 bits per heavy atom. The quantitative estimate of drug-likeness (QED) is 0.668. The molecule has 0 fully saturated rings. The van der Waals surface area contributed by atoms with Crippen molar-refractivity contribution in [3.8, 4) is 11.6 Å². The number of hydrogen-bond donors (Lipinski definition) is 2. The van der Waals surface area contributed by atoms with Crippen molar-refractivity contribution in [3.05, 3.63) is 52.1 Å². The molecule has 0 bridgehead atoms. The first-order valence-electron chi connectivity index (χ1n) is 5.00. The fourth-order valence-corrected chi connectivity index (χ4v) is 1.57. The van der Waals surface area contributed by atoms with Gasteiger partial charge in [0.25, 0.3) is 0 Å². The highest BCUT2D eigenvalue weighted by Gasteiger charge is 2.04. The van der Waals surface area contributed by atoms with Crippen LogP contribution in [0.25, 0.3) is 0 Å². The molecule has 0 aliphatic heterocycles. The molecule has 1 aromatic carbocycles. The summed E-state index contributed by atoms with van der Waals surface area (Å²) < 4.78 is 5.50. The highest BCUT2D eigenvalue weighted by atomic mass is 35.5. The van der Waals surface area contributed by atoms with Crippen LogP contribution in [0.5, 0.6) is 11.6 Å². The lowest BCUT2D eigenvalue weighted by Gasteiger charge is -2.06. The van der Waals surface area contributed by atoms with E-state index in [9.17, 15) is 0 Å². The third kappa shape index (κ3) is 2.91. The fourth-order valence-electron chi connectivity index (χ4n) is 1.28. The minimum atomic E-state index is -0.116. The number of benzene rings is 1. The number of nitrogens with zero attached hydrogens (tertiary/aromatic N) is 1. The van der Waals surface area contributed by atoms with E-state index >= 15 is 0 Å². The minimum absolute atomic E-state index is 0.116. The highest BCUT2D eigenvalue weighted by molar-refractivity contribution is 6.42. The molecule has 0 amide bonds. The maximum absolute atomic E-state index is 7.30. The van der Waals surface area contributed by atoms with Crippen molar-refractivity contribution >= 4 is 29.0 Å². The van der Waals surface area contributed by atoms with Crippen LogP contribution in [-0.2, 0) is 0 Å². The van der Waals surface area contributed by atoms with E-state index in [2.05, 4.69) is 4.98 Å². The highest BCUT2D eigenvalue weighted by Crippen LogP contribution is 2.28. The smallest absolute Gasteiger partial charge is 0.219 e. The molecule has 2 aromatic rings. The number of rotatable bonds is 3. The number of aromatic nitrogens is 1. The molecule has 0 aliphatic carbocycles. The molecular weight excluding hydrogens is 273 g/mol. The normalized spacial score (nSPS) is 10.1. The topological polar surface area (TPSA) is 72.0 Å². The fraction of sp³-hybridized carbons (Fsp3) is 0. The number of nitrogens with one attached hydrogen (secondary N) is 1. The summed E-state index contributed by atoms with van der Waals surface area (Å²) in [5.74, 6) is 0.730. The lowest BCUT2D eigenvalue weighted by Crippen LogP contribution is -2.13. The number of hydrogen-bond acceptors (Lipinski definition) is 3. The van der Waals surface area contributed by atoms with Gasteiger partial charge in [0.05, 0.1) is 10.0 Å². The van der Waals surface area contributed by atoms with Gasteiger partial charge in [0.15, 0.2) is 0 Å². The first-order valence-corrected chi connectivity index (χ1v) is 5.76. The number of amidine groups is 1. The molecule has 0 radical (unpaired) electrons. The summed E-state index contributed by atoms with van der Waals surface area (Å²) in [6.07, 6.45) is 0. The first kappa shape index (κ1) is 12.7. The molecule has 0 spiro atoms. The molecule has 1 heterocycles. The predicted molar refractivity (Wildman–Crippen MR) is 71.8 cm³/mol. The third-order valence-corrected chi connectivity index (χ3v) is 2.85. The summed E-state index contributed by atoms with van der Waals surface area (Å²) in [4.78, 5) is 4.07. The van der Waals surface area contributed by atoms with Crippen LogP contribution in [0.4, 0.5) is 0 Å². The van der Waals surface area contributed by atoms with Crippen molar-refractivity contribution in [3.63, 3.8) is 0 Å². The molecule has 0 atom stereocenters. The molecule has 92 valence electrons. The summed E-state index contributed by atoms with van der Waals surface area (Å²) in [6, 6.07) is 9.89. The molecule has 0 saturated carbocycles. The zero-order valence-corrected chi connectivity index (χ0v) is 10.7. The lowest BCUT2D eigenvalue weighted by molar-refractivity contribution is 0.462. The predicted octanol–water partition coefficient (Wildman–Crippen LogP) is 3.46. The van der Waals surface area contributed by atoms with Gasteiger partial charge in [0.1, 0.15) is 17.3 Å². The van der Waals surface area contributed by atoms with Crippen LogP contribution in [0.2, 0.25) is 10.0 Å². The van der Waals surface area contributed by atoms with Crippen LogP contribution in [-0.4, -0.2) is 10.8 Å². The van der Waals surface area contributed by atoms with Gasteiger partial charge in [-0.05, 0) is 18.2 Å². The van der Waals surface area contributed by atoms with E-state index in [0.717, 1.165) is 0 Å². The monoisotopic (exact) mass is 281 g/mol. The number of nitrogens with two attached hydrogens (primary N) is 1. The SMILES string of the molecule is N=C(N)c1cccc(Oc2ccc(Cl)c(Cl)c2)n1.